The van der Waals surface area contributed by atoms with Crippen molar-refractivity contribution in [1.82, 2.24) is 24.1 Å². The number of rotatable bonds is 3. The van der Waals surface area contributed by atoms with Gasteiger partial charge in [-0.05, 0) is 49.2 Å². The molecule has 7 heteroatoms. The monoisotopic (exact) mass is 425 g/mol. The highest BCUT2D eigenvalue weighted by molar-refractivity contribution is 6.05. The summed E-state index contributed by atoms with van der Waals surface area (Å²) in [5, 5.41) is 0.530. The van der Waals surface area contributed by atoms with Crippen molar-refractivity contribution in [2.24, 2.45) is 0 Å². The van der Waals surface area contributed by atoms with E-state index in [1.54, 1.807) is 13.4 Å². The van der Waals surface area contributed by atoms with E-state index in [2.05, 4.69) is 0 Å². The maximum absolute atomic E-state index is 13.7. The fraction of sp³-hybridized carbons (Fsp3) is 0.280. The van der Waals surface area contributed by atoms with Gasteiger partial charge in [-0.2, -0.15) is 0 Å². The van der Waals surface area contributed by atoms with Crippen molar-refractivity contribution in [3.63, 3.8) is 0 Å². The Bertz CT molecular complexity index is 1510. The van der Waals surface area contributed by atoms with Crippen molar-refractivity contribution in [2.75, 3.05) is 7.11 Å². The van der Waals surface area contributed by atoms with Gasteiger partial charge in [0.25, 0.3) is 5.56 Å². The summed E-state index contributed by atoms with van der Waals surface area (Å²) in [6.07, 6.45) is 7.26. The third-order valence-corrected chi connectivity index (χ3v) is 6.49. The summed E-state index contributed by atoms with van der Waals surface area (Å²) in [5.41, 5.74) is 4.18. The molecule has 2 aromatic carbocycles. The van der Waals surface area contributed by atoms with Gasteiger partial charge in [0.05, 0.1) is 18.1 Å². The Morgan fingerprint density at radius 2 is 1.62 bits per heavy atom. The largest absolute Gasteiger partial charge is 0.497 e. The van der Waals surface area contributed by atoms with Gasteiger partial charge in [-0.1, -0.05) is 31.4 Å². The molecule has 0 saturated heterocycles. The van der Waals surface area contributed by atoms with Gasteiger partial charge in [0, 0.05) is 11.7 Å². The van der Waals surface area contributed by atoms with Gasteiger partial charge >= 0.3 is 0 Å². The van der Waals surface area contributed by atoms with Crippen molar-refractivity contribution in [3.05, 3.63) is 65.2 Å². The van der Waals surface area contributed by atoms with Crippen LogP contribution in [-0.4, -0.2) is 31.2 Å². The van der Waals surface area contributed by atoms with Crippen molar-refractivity contribution in [1.29, 1.82) is 0 Å². The Kier molecular flexibility index (Phi) is 4.41. The maximum atomic E-state index is 13.7. The fourth-order valence-electron chi connectivity index (χ4n) is 4.85. The summed E-state index contributed by atoms with van der Waals surface area (Å²) in [6.45, 7) is 0. The standard InChI is InChI=1S/C25H23N5O2/c1-32-18-13-11-17(12-14-18)30-23-21(22-24(30)28-20-10-6-5-9-19(20)27-22)25(31)29(15-26-23)16-7-3-2-4-8-16/h5-6,9-16H,2-4,7-8H2,1H3. The van der Waals surface area contributed by atoms with Crippen LogP contribution in [0.2, 0.25) is 0 Å². The summed E-state index contributed by atoms with van der Waals surface area (Å²) < 4.78 is 9.06. The molecule has 1 fully saturated rings. The number of fused-ring (bicyclic) bond motifs is 4. The number of ether oxygens (including phenoxy) is 1. The molecule has 1 saturated carbocycles. The molecule has 1 aliphatic rings. The molecule has 0 radical (unpaired) electrons. The van der Waals surface area contributed by atoms with Crippen LogP contribution in [-0.2, 0) is 0 Å². The van der Waals surface area contributed by atoms with Crippen LogP contribution in [0.15, 0.2) is 59.7 Å². The Labute approximate surface area is 184 Å². The van der Waals surface area contributed by atoms with Crippen LogP contribution in [0, 0.1) is 0 Å². The van der Waals surface area contributed by atoms with E-state index in [4.69, 9.17) is 19.7 Å². The molecule has 6 rings (SSSR count). The molecule has 5 aromatic rings. The number of hydrogen-bond acceptors (Lipinski definition) is 5. The topological polar surface area (TPSA) is 74.8 Å². The molecule has 7 nitrogen and oxygen atoms in total. The van der Waals surface area contributed by atoms with Crippen molar-refractivity contribution >= 4 is 33.2 Å². The van der Waals surface area contributed by atoms with Gasteiger partial charge in [0.15, 0.2) is 11.3 Å². The quantitative estimate of drug-likeness (QED) is 0.415. The van der Waals surface area contributed by atoms with E-state index in [-0.39, 0.29) is 11.6 Å². The molecule has 0 aliphatic heterocycles. The number of methoxy groups -OCH3 is 1. The molecule has 0 spiro atoms. The van der Waals surface area contributed by atoms with Crippen LogP contribution in [0.5, 0.6) is 5.75 Å². The number of para-hydroxylation sites is 2. The zero-order chi connectivity index (χ0) is 21.7. The Balaban J connectivity index is 1.70. The lowest BCUT2D eigenvalue weighted by atomic mass is 9.95. The van der Waals surface area contributed by atoms with Crippen LogP contribution >= 0.6 is 0 Å². The van der Waals surface area contributed by atoms with E-state index in [1.165, 1.54) is 6.42 Å². The predicted octanol–water partition coefficient (Wildman–Crippen LogP) is 4.80. The first-order valence-electron chi connectivity index (χ1n) is 11.1. The summed E-state index contributed by atoms with van der Waals surface area (Å²) in [7, 11) is 1.64. The summed E-state index contributed by atoms with van der Waals surface area (Å²) in [4.78, 5) is 28.3. The first kappa shape index (κ1) is 19.0. The van der Waals surface area contributed by atoms with Crippen LogP contribution < -0.4 is 10.3 Å². The Morgan fingerprint density at radius 3 is 2.34 bits per heavy atom. The molecule has 0 unspecified atom stereocenters. The second-order valence-corrected chi connectivity index (χ2v) is 8.37. The normalized spacial score (nSPS) is 15.0. The third kappa shape index (κ3) is 2.88. The summed E-state index contributed by atoms with van der Waals surface area (Å²) in [6, 6.07) is 15.6. The molecular weight excluding hydrogens is 402 g/mol. The summed E-state index contributed by atoms with van der Waals surface area (Å²) in [5.74, 6) is 0.763. The van der Waals surface area contributed by atoms with E-state index >= 15 is 0 Å². The van der Waals surface area contributed by atoms with Gasteiger partial charge in [-0.3, -0.25) is 13.9 Å². The second kappa shape index (κ2) is 7.44. The van der Waals surface area contributed by atoms with E-state index in [0.717, 1.165) is 48.2 Å². The molecule has 0 amide bonds. The van der Waals surface area contributed by atoms with Crippen LogP contribution in [0.1, 0.15) is 38.1 Å². The van der Waals surface area contributed by atoms with Gasteiger partial charge in [0.1, 0.15) is 23.0 Å². The minimum atomic E-state index is -0.0382. The molecule has 3 heterocycles. The highest BCUT2D eigenvalue weighted by Crippen LogP contribution is 2.31. The minimum absolute atomic E-state index is 0.0382. The smallest absolute Gasteiger partial charge is 0.265 e. The van der Waals surface area contributed by atoms with Gasteiger partial charge in [-0.25, -0.2) is 15.0 Å². The van der Waals surface area contributed by atoms with Gasteiger partial charge < -0.3 is 4.74 Å². The number of hydrogen-bond donors (Lipinski definition) is 0. The second-order valence-electron chi connectivity index (χ2n) is 8.37. The minimum Gasteiger partial charge on any atom is -0.497 e. The van der Waals surface area contributed by atoms with Gasteiger partial charge in [0.2, 0.25) is 0 Å². The van der Waals surface area contributed by atoms with Crippen LogP contribution in [0.4, 0.5) is 0 Å². The number of nitrogens with zero attached hydrogens (tertiary/aromatic N) is 5. The number of benzene rings is 2. The highest BCUT2D eigenvalue weighted by Gasteiger charge is 2.24. The maximum Gasteiger partial charge on any atom is 0.265 e. The van der Waals surface area contributed by atoms with E-state index in [9.17, 15) is 4.79 Å². The molecule has 1 aliphatic carbocycles. The van der Waals surface area contributed by atoms with Crippen molar-refractivity contribution in [3.8, 4) is 11.4 Å². The number of aromatic nitrogens is 5. The zero-order valence-electron chi connectivity index (χ0n) is 17.9. The highest BCUT2D eigenvalue weighted by atomic mass is 16.5. The average Bonchev–Trinajstić information content (AvgIpc) is 3.17. The Morgan fingerprint density at radius 1 is 0.906 bits per heavy atom. The molecule has 3 aromatic heterocycles. The first-order chi connectivity index (χ1) is 15.7. The molecule has 32 heavy (non-hydrogen) atoms. The lowest BCUT2D eigenvalue weighted by Gasteiger charge is -2.23. The van der Waals surface area contributed by atoms with Crippen molar-refractivity contribution in [2.45, 2.75) is 38.1 Å². The molecule has 0 N–H and O–H groups in total. The van der Waals surface area contributed by atoms with Crippen LogP contribution in [0.3, 0.4) is 0 Å². The van der Waals surface area contributed by atoms with E-state index in [1.807, 2.05) is 57.7 Å². The van der Waals surface area contributed by atoms with E-state index in [0.29, 0.717) is 22.2 Å². The lowest BCUT2D eigenvalue weighted by Crippen LogP contribution is -2.26. The van der Waals surface area contributed by atoms with Crippen LogP contribution in [0.25, 0.3) is 38.9 Å². The molecule has 0 bridgehead atoms. The molecular formula is C25H23N5O2. The predicted molar refractivity (Wildman–Crippen MR) is 125 cm³/mol. The average molecular weight is 425 g/mol. The van der Waals surface area contributed by atoms with E-state index < -0.39 is 0 Å². The van der Waals surface area contributed by atoms with Crippen molar-refractivity contribution < 1.29 is 4.74 Å². The first-order valence-corrected chi connectivity index (χ1v) is 11.1. The zero-order valence-corrected chi connectivity index (χ0v) is 17.9. The van der Waals surface area contributed by atoms with Gasteiger partial charge in [-0.15, -0.1) is 0 Å². The Hall–Kier alpha value is -3.74. The summed E-state index contributed by atoms with van der Waals surface area (Å²) >= 11 is 0. The lowest BCUT2D eigenvalue weighted by molar-refractivity contribution is 0.345. The fourth-order valence-corrected chi connectivity index (χ4v) is 4.85. The third-order valence-electron chi connectivity index (χ3n) is 6.49. The molecule has 0 atom stereocenters. The molecule has 160 valence electrons. The SMILES string of the molecule is COc1ccc(-n2c3nc4ccccc4nc3c3c(=O)n(C4CCCCC4)cnc32)cc1.